The van der Waals surface area contributed by atoms with Gasteiger partial charge in [-0.05, 0) is 73.5 Å². The van der Waals surface area contributed by atoms with Crippen molar-refractivity contribution in [2.75, 3.05) is 14.2 Å². The van der Waals surface area contributed by atoms with Crippen molar-refractivity contribution in [1.82, 2.24) is 0 Å². The largest absolute Gasteiger partial charge is 0.493 e. The lowest BCUT2D eigenvalue weighted by Gasteiger charge is -2.58. The molecule has 7 heteroatoms. The van der Waals surface area contributed by atoms with E-state index in [0.29, 0.717) is 29.9 Å². The quantitative estimate of drug-likeness (QED) is 0.368. The van der Waals surface area contributed by atoms with E-state index >= 15 is 0 Å². The summed E-state index contributed by atoms with van der Waals surface area (Å²) < 4.78 is 24.0. The minimum Gasteiger partial charge on any atom is -0.493 e. The Kier molecular flexibility index (Phi) is 6.99. The zero-order valence-corrected chi connectivity index (χ0v) is 24.0. The number of benzene rings is 1. The van der Waals surface area contributed by atoms with Crippen molar-refractivity contribution in [2.45, 2.75) is 89.3 Å². The number of esters is 1. The Labute approximate surface area is 216 Å². The van der Waals surface area contributed by atoms with Crippen LogP contribution in [-0.4, -0.2) is 51.4 Å². The van der Waals surface area contributed by atoms with Gasteiger partial charge < -0.3 is 23.7 Å². The maximum absolute atomic E-state index is 13.3. The number of carbonyl (C=O) groups excluding carboxylic acids is 1. The lowest BCUT2D eigenvalue weighted by molar-refractivity contribution is -0.164. The first-order chi connectivity index (χ1) is 16.8. The predicted molar refractivity (Wildman–Crippen MR) is 143 cm³/mol. The van der Waals surface area contributed by atoms with Gasteiger partial charge in [0.25, 0.3) is 0 Å². The number of methoxy groups -OCH3 is 2. The number of hydrogen-bond donors (Lipinski definition) is 1. The Morgan fingerprint density at radius 2 is 1.83 bits per heavy atom. The van der Waals surface area contributed by atoms with E-state index in [1.54, 1.807) is 32.4 Å². The van der Waals surface area contributed by atoms with Crippen LogP contribution in [0.5, 0.6) is 11.5 Å². The highest BCUT2D eigenvalue weighted by Gasteiger charge is 2.62. The van der Waals surface area contributed by atoms with Crippen molar-refractivity contribution < 1.29 is 28.5 Å². The molecule has 1 aromatic rings. The van der Waals surface area contributed by atoms with Crippen molar-refractivity contribution in [3.63, 3.8) is 0 Å². The molecule has 1 saturated carbocycles. The second-order valence-corrected chi connectivity index (χ2v) is 17.0. The fourth-order valence-corrected chi connectivity index (χ4v) is 7.31. The van der Waals surface area contributed by atoms with Crippen LogP contribution in [0.1, 0.15) is 63.7 Å². The molecule has 0 saturated heterocycles. The number of aliphatic hydroxyl groups is 1. The summed E-state index contributed by atoms with van der Waals surface area (Å²) >= 11 is 0. The van der Waals surface area contributed by atoms with E-state index in [2.05, 4.69) is 59.0 Å². The molecule has 0 spiro atoms. The molecule has 36 heavy (non-hydrogen) atoms. The van der Waals surface area contributed by atoms with Crippen LogP contribution in [-0.2, 0) is 9.16 Å². The Balaban J connectivity index is 1.67. The van der Waals surface area contributed by atoms with Crippen LogP contribution in [0.2, 0.25) is 18.1 Å². The summed E-state index contributed by atoms with van der Waals surface area (Å²) in [5, 5.41) is 11.9. The van der Waals surface area contributed by atoms with Gasteiger partial charge in [0.05, 0.1) is 31.5 Å². The summed E-state index contributed by atoms with van der Waals surface area (Å²) in [5.41, 5.74) is 0.174. The molecule has 3 aliphatic carbocycles. The van der Waals surface area contributed by atoms with Gasteiger partial charge in [-0.15, -0.1) is 0 Å². The molecule has 1 aromatic carbocycles. The van der Waals surface area contributed by atoms with Crippen LogP contribution in [0.25, 0.3) is 0 Å². The van der Waals surface area contributed by atoms with Gasteiger partial charge in [0.15, 0.2) is 19.8 Å². The number of fused-ring (bicyclic) bond motifs is 3. The second kappa shape index (κ2) is 9.33. The van der Waals surface area contributed by atoms with Gasteiger partial charge in [-0.25, -0.2) is 4.79 Å². The zero-order valence-electron chi connectivity index (χ0n) is 23.0. The molecule has 0 aliphatic heterocycles. The molecule has 0 bridgehead atoms. The lowest BCUT2D eigenvalue weighted by Crippen LogP contribution is -2.63. The maximum atomic E-state index is 13.3. The SMILES string of the molecule is COc1ccc(C(=O)O[C@H]2CC[C@@]3(C)[C@H](CC=C4C=CC[C@@]43O)[C@H]2O[Si](C)(C)C(C)(C)C)cc1OC. The van der Waals surface area contributed by atoms with Gasteiger partial charge in [-0.3, -0.25) is 0 Å². The Bertz CT molecular complexity index is 1070. The number of carbonyl (C=O) groups is 1. The number of allylic oxidation sites excluding steroid dienone is 1. The highest BCUT2D eigenvalue weighted by atomic mass is 28.4. The molecule has 0 aromatic heterocycles. The van der Waals surface area contributed by atoms with E-state index in [-0.39, 0.29) is 22.5 Å². The average molecular weight is 515 g/mol. The van der Waals surface area contributed by atoms with Gasteiger partial charge in [0, 0.05) is 5.41 Å². The number of rotatable bonds is 6. The van der Waals surface area contributed by atoms with Crippen molar-refractivity contribution in [2.24, 2.45) is 11.3 Å². The summed E-state index contributed by atoms with van der Waals surface area (Å²) in [5.74, 6) is 0.682. The molecular weight excluding hydrogens is 472 g/mol. The lowest BCUT2D eigenvalue weighted by atomic mass is 9.52. The average Bonchev–Trinajstić information content (AvgIpc) is 3.22. The molecule has 3 aliphatic rings. The molecule has 5 atom stereocenters. The molecule has 0 unspecified atom stereocenters. The first-order valence-corrected chi connectivity index (χ1v) is 15.9. The molecule has 0 heterocycles. The highest BCUT2D eigenvalue weighted by molar-refractivity contribution is 6.74. The molecular formula is C29H42O6Si. The molecule has 0 radical (unpaired) electrons. The van der Waals surface area contributed by atoms with Crippen molar-refractivity contribution >= 4 is 14.3 Å². The summed E-state index contributed by atoms with van der Waals surface area (Å²) in [6.07, 6.45) is 8.42. The summed E-state index contributed by atoms with van der Waals surface area (Å²) in [6.45, 7) is 13.3. The first kappa shape index (κ1) is 27.0. The van der Waals surface area contributed by atoms with Crippen LogP contribution in [0.4, 0.5) is 0 Å². The minimum absolute atomic E-state index is 0.000238. The smallest absolute Gasteiger partial charge is 0.338 e. The van der Waals surface area contributed by atoms with E-state index in [4.69, 9.17) is 18.6 Å². The monoisotopic (exact) mass is 514 g/mol. The van der Waals surface area contributed by atoms with Crippen molar-refractivity contribution in [1.29, 1.82) is 0 Å². The van der Waals surface area contributed by atoms with Gasteiger partial charge in [-0.2, -0.15) is 0 Å². The van der Waals surface area contributed by atoms with Crippen LogP contribution < -0.4 is 9.47 Å². The molecule has 4 rings (SSSR count). The van der Waals surface area contributed by atoms with E-state index < -0.39 is 26.0 Å². The van der Waals surface area contributed by atoms with Crippen LogP contribution in [0.15, 0.2) is 42.0 Å². The van der Waals surface area contributed by atoms with Crippen molar-refractivity contribution in [3.05, 3.63) is 47.6 Å². The third-order valence-corrected chi connectivity index (χ3v) is 13.8. The molecule has 1 N–H and O–H groups in total. The predicted octanol–water partition coefficient (Wildman–Crippen LogP) is 6.06. The Morgan fingerprint density at radius 1 is 1.14 bits per heavy atom. The van der Waals surface area contributed by atoms with Crippen LogP contribution in [0.3, 0.4) is 0 Å². The van der Waals surface area contributed by atoms with Crippen molar-refractivity contribution in [3.8, 4) is 11.5 Å². The third-order valence-electron chi connectivity index (χ3n) is 9.37. The second-order valence-electron chi connectivity index (χ2n) is 12.3. The summed E-state index contributed by atoms with van der Waals surface area (Å²) in [4.78, 5) is 13.3. The van der Waals surface area contributed by atoms with Gasteiger partial charge in [0.2, 0.25) is 0 Å². The third kappa shape index (κ3) is 4.33. The number of ether oxygens (including phenoxy) is 3. The van der Waals surface area contributed by atoms with E-state index in [9.17, 15) is 9.90 Å². The van der Waals surface area contributed by atoms with E-state index in [0.717, 1.165) is 18.4 Å². The zero-order chi connectivity index (χ0) is 26.5. The van der Waals surface area contributed by atoms with E-state index in [1.807, 2.05) is 0 Å². The van der Waals surface area contributed by atoms with Crippen LogP contribution in [0, 0.1) is 11.3 Å². The maximum Gasteiger partial charge on any atom is 0.338 e. The summed E-state index contributed by atoms with van der Waals surface area (Å²) in [6, 6.07) is 5.07. The Hall–Kier alpha value is -2.09. The topological polar surface area (TPSA) is 74.2 Å². The fourth-order valence-electron chi connectivity index (χ4n) is 5.96. The molecule has 1 fully saturated rings. The van der Waals surface area contributed by atoms with Crippen LogP contribution >= 0.6 is 0 Å². The van der Waals surface area contributed by atoms with Gasteiger partial charge in [-0.1, -0.05) is 45.9 Å². The minimum atomic E-state index is -2.20. The molecule has 198 valence electrons. The normalized spacial score (nSPS) is 31.8. The molecule has 0 amide bonds. The van der Waals surface area contributed by atoms with Gasteiger partial charge >= 0.3 is 5.97 Å². The summed E-state index contributed by atoms with van der Waals surface area (Å²) in [7, 11) is 0.908. The fraction of sp³-hybridized carbons (Fsp3) is 0.621. The molecule has 6 nitrogen and oxygen atoms in total. The van der Waals surface area contributed by atoms with Gasteiger partial charge in [0.1, 0.15) is 6.10 Å². The standard InChI is InChI=1S/C29H42O6Si/c1-27(2,3)36(7,8)35-25-21-13-12-20-10-9-16-29(20,31)28(21,4)17-15-23(25)34-26(30)19-11-14-22(32-5)24(18-19)33-6/h9-12,14,18,21,23,25,31H,13,15-17H2,1-8H3/t21-,23+,25-,28+,29-/m1/s1. The van der Waals surface area contributed by atoms with E-state index in [1.165, 1.54) is 0 Å². The Morgan fingerprint density at radius 3 is 2.47 bits per heavy atom. The highest BCUT2D eigenvalue weighted by Crippen LogP contribution is 2.60. The first-order valence-electron chi connectivity index (χ1n) is 13.0. The number of hydrogen-bond acceptors (Lipinski definition) is 6.